The summed E-state index contributed by atoms with van der Waals surface area (Å²) in [4.78, 5) is -2.06. The second-order valence-corrected chi connectivity index (χ2v) is 6.72. The monoisotopic (exact) mass is 344 g/mol. The first-order valence-electron chi connectivity index (χ1n) is 4.95. The zero-order valence-electron chi connectivity index (χ0n) is 9.55. The molecule has 0 saturated heterocycles. The van der Waals surface area contributed by atoms with E-state index in [9.17, 15) is 27.0 Å². The van der Waals surface area contributed by atoms with Gasteiger partial charge in [0.05, 0.1) is 0 Å². The molecule has 0 atom stereocenters. The standard InChI is InChI=1S/C10H8O8S2.Na.H/c11-7-1-5-3-9(19(13,14)15)10(20(16,17)18)4-6(5)2-8(7)12;;/h1-4,11-12H,(H,13,14,15)(H,16,17,18);;. The van der Waals surface area contributed by atoms with Crippen molar-refractivity contribution in [1.29, 1.82) is 0 Å². The number of hydrogen-bond donors (Lipinski definition) is 4. The van der Waals surface area contributed by atoms with Gasteiger partial charge in [0.15, 0.2) is 11.5 Å². The summed E-state index contributed by atoms with van der Waals surface area (Å²) in [6.45, 7) is 0. The maximum absolute atomic E-state index is 11.2. The Morgan fingerprint density at radius 1 is 0.667 bits per heavy atom. The van der Waals surface area contributed by atoms with E-state index in [1.165, 1.54) is 0 Å². The van der Waals surface area contributed by atoms with E-state index in [-0.39, 0.29) is 40.3 Å². The third-order valence-electron chi connectivity index (χ3n) is 2.55. The van der Waals surface area contributed by atoms with Crippen molar-refractivity contribution in [3.63, 3.8) is 0 Å². The van der Waals surface area contributed by atoms with E-state index in [0.717, 1.165) is 24.3 Å². The van der Waals surface area contributed by atoms with Gasteiger partial charge in [-0.3, -0.25) is 9.11 Å². The predicted octanol–water partition coefficient (Wildman–Crippen LogP) is 0.0959. The Balaban J connectivity index is 0.00000220. The fourth-order valence-electron chi connectivity index (χ4n) is 1.69. The van der Waals surface area contributed by atoms with Gasteiger partial charge in [-0.15, -0.1) is 0 Å². The molecule has 0 aliphatic carbocycles. The van der Waals surface area contributed by atoms with Crippen molar-refractivity contribution in [3.05, 3.63) is 24.3 Å². The van der Waals surface area contributed by atoms with Crippen molar-refractivity contribution in [2.24, 2.45) is 0 Å². The second kappa shape index (κ2) is 5.72. The van der Waals surface area contributed by atoms with E-state index in [1.54, 1.807) is 0 Å². The Morgan fingerprint density at radius 3 is 1.19 bits per heavy atom. The average Bonchev–Trinajstić information content (AvgIpc) is 2.26. The second-order valence-electron chi connectivity index (χ2n) is 3.94. The third kappa shape index (κ3) is 3.66. The first-order valence-corrected chi connectivity index (χ1v) is 7.83. The SMILES string of the molecule is O=S(=O)(O)c1cc2cc(O)c(O)cc2cc1S(=O)(=O)O.[NaH]. The van der Waals surface area contributed by atoms with Crippen molar-refractivity contribution < 1.29 is 36.2 Å². The molecule has 0 aromatic heterocycles. The summed E-state index contributed by atoms with van der Waals surface area (Å²) < 4.78 is 62.7. The maximum atomic E-state index is 11.2. The Kier molecular flexibility index (Phi) is 4.95. The first kappa shape index (κ1) is 18.2. The fourth-order valence-corrected chi connectivity index (χ4v) is 3.50. The number of fused-ring (bicyclic) bond motifs is 1. The molecular weight excluding hydrogens is 335 g/mol. The zero-order chi connectivity index (χ0) is 15.3. The summed E-state index contributed by atoms with van der Waals surface area (Å²) >= 11 is 0. The molecule has 4 N–H and O–H groups in total. The summed E-state index contributed by atoms with van der Waals surface area (Å²) in [6, 6.07) is 3.47. The van der Waals surface area contributed by atoms with Crippen LogP contribution in [0.25, 0.3) is 10.8 Å². The quantitative estimate of drug-likeness (QED) is 0.340. The van der Waals surface area contributed by atoms with Crippen LogP contribution < -0.4 is 0 Å². The summed E-state index contributed by atoms with van der Waals surface area (Å²) in [6.07, 6.45) is 0. The summed E-state index contributed by atoms with van der Waals surface area (Å²) in [5.74, 6) is -1.11. The number of hydrogen-bond acceptors (Lipinski definition) is 6. The summed E-state index contributed by atoms with van der Waals surface area (Å²) in [5, 5.41) is 18.7. The van der Waals surface area contributed by atoms with E-state index >= 15 is 0 Å². The van der Waals surface area contributed by atoms with Crippen LogP contribution in [0.1, 0.15) is 0 Å². The van der Waals surface area contributed by atoms with E-state index in [0.29, 0.717) is 0 Å². The Hall–Kier alpha value is -0.880. The molecule has 0 aliphatic rings. The van der Waals surface area contributed by atoms with Crippen molar-refractivity contribution in [2.45, 2.75) is 9.79 Å². The zero-order valence-corrected chi connectivity index (χ0v) is 11.2. The first-order chi connectivity index (χ1) is 9.00. The van der Waals surface area contributed by atoms with Gasteiger partial charge in [0, 0.05) is 0 Å². The molecule has 0 radical (unpaired) electrons. The third-order valence-corrected chi connectivity index (χ3v) is 4.47. The molecule has 0 unspecified atom stereocenters. The van der Waals surface area contributed by atoms with E-state index in [4.69, 9.17) is 9.11 Å². The molecule has 21 heavy (non-hydrogen) atoms. The van der Waals surface area contributed by atoms with Crippen LogP contribution in [0, 0.1) is 0 Å². The van der Waals surface area contributed by atoms with Crippen LogP contribution in [0.15, 0.2) is 34.1 Å². The van der Waals surface area contributed by atoms with Gasteiger partial charge >= 0.3 is 29.6 Å². The van der Waals surface area contributed by atoms with Gasteiger partial charge in [-0.05, 0) is 35.0 Å². The number of aromatic hydroxyl groups is 2. The molecule has 2 aromatic carbocycles. The molecule has 0 heterocycles. The summed E-state index contributed by atoms with van der Waals surface area (Å²) in [5.41, 5.74) is 0. The van der Waals surface area contributed by atoms with Crippen LogP contribution in [0.2, 0.25) is 0 Å². The van der Waals surface area contributed by atoms with Gasteiger partial charge in [-0.2, -0.15) is 16.8 Å². The van der Waals surface area contributed by atoms with Gasteiger partial charge in [0.2, 0.25) is 0 Å². The Bertz CT molecular complexity index is 841. The number of benzene rings is 2. The minimum absolute atomic E-state index is 0. The van der Waals surface area contributed by atoms with Crippen LogP contribution in [0.5, 0.6) is 11.5 Å². The molecule has 0 aliphatic heterocycles. The van der Waals surface area contributed by atoms with E-state index < -0.39 is 41.5 Å². The molecule has 2 aromatic rings. The molecular formula is C10H9NaO8S2. The molecule has 0 amide bonds. The van der Waals surface area contributed by atoms with Gasteiger partial charge < -0.3 is 10.2 Å². The normalized spacial score (nSPS) is 12.1. The van der Waals surface area contributed by atoms with Crippen LogP contribution in [0.4, 0.5) is 0 Å². The molecule has 8 nitrogen and oxygen atoms in total. The molecule has 2 rings (SSSR count). The number of phenolic OH excluding ortho intramolecular Hbond substituents is 2. The van der Waals surface area contributed by atoms with Crippen molar-refractivity contribution in [3.8, 4) is 11.5 Å². The van der Waals surface area contributed by atoms with Gasteiger partial charge in [-0.1, -0.05) is 0 Å². The molecule has 11 heteroatoms. The Labute approximate surface area is 141 Å². The summed E-state index contributed by atoms with van der Waals surface area (Å²) in [7, 11) is -9.83. The minimum atomic E-state index is -4.91. The van der Waals surface area contributed by atoms with Gasteiger partial charge in [0.1, 0.15) is 9.79 Å². The van der Waals surface area contributed by atoms with Crippen molar-refractivity contribution >= 4 is 60.6 Å². The van der Waals surface area contributed by atoms with E-state index in [2.05, 4.69) is 0 Å². The molecule has 0 saturated carbocycles. The molecule has 0 spiro atoms. The topological polar surface area (TPSA) is 149 Å². The molecule has 0 fully saturated rings. The average molecular weight is 344 g/mol. The van der Waals surface area contributed by atoms with Crippen LogP contribution >= 0.6 is 0 Å². The Morgan fingerprint density at radius 2 is 0.952 bits per heavy atom. The number of phenols is 2. The van der Waals surface area contributed by atoms with E-state index in [1.807, 2.05) is 0 Å². The fraction of sp³-hybridized carbons (Fsp3) is 0. The number of rotatable bonds is 2. The predicted molar refractivity (Wildman–Crippen MR) is 74.1 cm³/mol. The van der Waals surface area contributed by atoms with Gasteiger partial charge in [-0.25, -0.2) is 0 Å². The van der Waals surface area contributed by atoms with Gasteiger partial charge in [0.25, 0.3) is 20.2 Å². The van der Waals surface area contributed by atoms with Crippen LogP contribution in [0.3, 0.4) is 0 Å². The van der Waals surface area contributed by atoms with Crippen molar-refractivity contribution in [2.75, 3.05) is 0 Å². The molecule has 0 bridgehead atoms. The van der Waals surface area contributed by atoms with Crippen LogP contribution in [-0.4, -0.2) is 65.7 Å². The molecule has 110 valence electrons. The van der Waals surface area contributed by atoms with Crippen LogP contribution in [-0.2, 0) is 20.2 Å². The van der Waals surface area contributed by atoms with Crippen molar-refractivity contribution in [1.82, 2.24) is 0 Å².